The maximum atomic E-state index is 11.7. The third kappa shape index (κ3) is 2.91. The second kappa shape index (κ2) is 6.06. The second-order valence-corrected chi connectivity index (χ2v) is 6.05. The van der Waals surface area contributed by atoms with Crippen LogP contribution in [0.25, 0.3) is 0 Å². The summed E-state index contributed by atoms with van der Waals surface area (Å²) >= 11 is 0. The summed E-state index contributed by atoms with van der Waals surface area (Å²) in [5.41, 5.74) is 0.226. The second-order valence-electron chi connectivity index (χ2n) is 6.05. The van der Waals surface area contributed by atoms with E-state index in [4.69, 9.17) is 9.47 Å². The molecule has 0 atom stereocenters. The average molecular weight is 290 g/mol. The molecule has 1 saturated carbocycles. The minimum Gasteiger partial charge on any atom is -0.490 e. The Hall–Kier alpha value is -1.55. The molecule has 2 aliphatic rings. The van der Waals surface area contributed by atoms with Crippen LogP contribution in [-0.2, 0) is 14.9 Å². The molecule has 0 amide bonds. The van der Waals surface area contributed by atoms with Crippen molar-refractivity contribution in [3.63, 3.8) is 0 Å². The van der Waals surface area contributed by atoms with E-state index in [0.717, 1.165) is 63.1 Å². The Morgan fingerprint density at radius 3 is 2.33 bits per heavy atom. The van der Waals surface area contributed by atoms with Crippen LogP contribution in [0.4, 0.5) is 0 Å². The standard InChI is InChI=1S/C17H22O4/c18-16(19)17(9-1-2-10-17)13-3-5-14(6-4-13)21-15-7-11-20-12-8-15/h3-6,15H,1-2,7-12H2,(H,18,19). The van der Waals surface area contributed by atoms with Gasteiger partial charge in [0.2, 0.25) is 0 Å². The lowest BCUT2D eigenvalue weighted by atomic mass is 9.79. The van der Waals surface area contributed by atoms with Crippen molar-refractivity contribution in [2.24, 2.45) is 0 Å². The van der Waals surface area contributed by atoms with Crippen molar-refractivity contribution in [3.05, 3.63) is 29.8 Å². The lowest BCUT2D eigenvalue weighted by Gasteiger charge is -2.26. The van der Waals surface area contributed by atoms with Crippen molar-refractivity contribution in [3.8, 4) is 5.75 Å². The zero-order valence-electron chi connectivity index (χ0n) is 12.2. The van der Waals surface area contributed by atoms with Gasteiger partial charge in [-0.1, -0.05) is 25.0 Å². The third-order valence-corrected chi connectivity index (χ3v) is 4.74. The molecule has 1 aliphatic carbocycles. The zero-order chi connectivity index (χ0) is 14.7. The molecule has 1 aromatic rings. The molecule has 1 heterocycles. The normalized spacial score (nSPS) is 22.1. The summed E-state index contributed by atoms with van der Waals surface area (Å²) in [5, 5.41) is 9.60. The Morgan fingerprint density at radius 1 is 1.14 bits per heavy atom. The molecule has 4 nitrogen and oxygen atoms in total. The largest absolute Gasteiger partial charge is 0.490 e. The Bertz CT molecular complexity index is 482. The Balaban J connectivity index is 1.72. The maximum Gasteiger partial charge on any atom is 0.314 e. The highest BCUT2D eigenvalue weighted by Crippen LogP contribution is 2.41. The van der Waals surface area contributed by atoms with Crippen LogP contribution in [0.2, 0.25) is 0 Å². The summed E-state index contributed by atoms with van der Waals surface area (Å²) in [6.45, 7) is 1.51. The highest BCUT2D eigenvalue weighted by Gasteiger charge is 2.42. The maximum absolute atomic E-state index is 11.7. The van der Waals surface area contributed by atoms with Crippen LogP contribution in [0.3, 0.4) is 0 Å². The molecular formula is C17H22O4. The number of carboxylic acids is 1. The third-order valence-electron chi connectivity index (χ3n) is 4.74. The van der Waals surface area contributed by atoms with Crippen molar-refractivity contribution >= 4 is 5.97 Å². The molecule has 21 heavy (non-hydrogen) atoms. The molecule has 114 valence electrons. The van der Waals surface area contributed by atoms with E-state index in [9.17, 15) is 9.90 Å². The molecule has 2 fully saturated rings. The predicted molar refractivity (Wildman–Crippen MR) is 78.7 cm³/mol. The van der Waals surface area contributed by atoms with Crippen LogP contribution in [0.5, 0.6) is 5.75 Å². The highest BCUT2D eigenvalue weighted by molar-refractivity contribution is 5.81. The summed E-state index contributed by atoms with van der Waals surface area (Å²) in [5.74, 6) is 0.127. The van der Waals surface area contributed by atoms with E-state index in [-0.39, 0.29) is 6.10 Å². The van der Waals surface area contributed by atoms with E-state index < -0.39 is 11.4 Å². The van der Waals surface area contributed by atoms with Gasteiger partial charge in [-0.25, -0.2) is 0 Å². The smallest absolute Gasteiger partial charge is 0.314 e. The van der Waals surface area contributed by atoms with Crippen LogP contribution in [0, 0.1) is 0 Å². The summed E-state index contributed by atoms with van der Waals surface area (Å²) in [6, 6.07) is 7.67. The van der Waals surface area contributed by atoms with Gasteiger partial charge in [0.1, 0.15) is 11.9 Å². The number of benzene rings is 1. The fraction of sp³-hybridized carbons (Fsp3) is 0.588. The Labute approximate surface area is 125 Å². The average Bonchev–Trinajstić information content (AvgIpc) is 3.00. The first-order valence-corrected chi connectivity index (χ1v) is 7.79. The molecule has 0 aromatic heterocycles. The molecule has 1 saturated heterocycles. The zero-order valence-corrected chi connectivity index (χ0v) is 12.2. The van der Waals surface area contributed by atoms with Gasteiger partial charge in [0.25, 0.3) is 0 Å². The number of hydrogen-bond acceptors (Lipinski definition) is 3. The van der Waals surface area contributed by atoms with Gasteiger partial charge >= 0.3 is 5.97 Å². The van der Waals surface area contributed by atoms with E-state index in [1.54, 1.807) is 0 Å². The lowest BCUT2D eigenvalue weighted by molar-refractivity contribution is -0.143. The summed E-state index contributed by atoms with van der Waals surface area (Å²) in [6.07, 6.45) is 5.51. The first-order valence-electron chi connectivity index (χ1n) is 7.79. The van der Waals surface area contributed by atoms with Gasteiger partial charge in [-0.05, 0) is 30.5 Å². The number of rotatable bonds is 4. The summed E-state index contributed by atoms with van der Waals surface area (Å²) in [4.78, 5) is 11.7. The summed E-state index contributed by atoms with van der Waals surface area (Å²) < 4.78 is 11.3. The van der Waals surface area contributed by atoms with Crippen molar-refractivity contribution in [2.45, 2.75) is 50.0 Å². The minimum absolute atomic E-state index is 0.213. The molecular weight excluding hydrogens is 268 g/mol. The fourth-order valence-corrected chi connectivity index (χ4v) is 3.44. The minimum atomic E-state index is -0.696. The number of carbonyl (C=O) groups is 1. The van der Waals surface area contributed by atoms with Gasteiger partial charge in [-0.3, -0.25) is 4.79 Å². The number of hydrogen-bond donors (Lipinski definition) is 1. The van der Waals surface area contributed by atoms with Crippen molar-refractivity contribution in [1.29, 1.82) is 0 Å². The first kappa shape index (κ1) is 14.4. The first-order chi connectivity index (χ1) is 10.2. The molecule has 1 N–H and O–H groups in total. The van der Waals surface area contributed by atoms with E-state index in [1.807, 2.05) is 24.3 Å². The number of carboxylic acid groups (broad SMARTS) is 1. The van der Waals surface area contributed by atoms with Crippen LogP contribution in [-0.4, -0.2) is 30.4 Å². The van der Waals surface area contributed by atoms with E-state index in [0.29, 0.717) is 0 Å². The molecule has 0 spiro atoms. The van der Waals surface area contributed by atoms with Gasteiger partial charge in [-0.2, -0.15) is 0 Å². The van der Waals surface area contributed by atoms with Crippen LogP contribution in [0.1, 0.15) is 44.1 Å². The predicted octanol–water partition coefficient (Wildman–Crippen LogP) is 3.14. The Kier molecular flexibility index (Phi) is 4.15. The molecule has 0 bridgehead atoms. The van der Waals surface area contributed by atoms with Gasteiger partial charge in [0.15, 0.2) is 0 Å². The quantitative estimate of drug-likeness (QED) is 0.925. The van der Waals surface area contributed by atoms with Gasteiger partial charge < -0.3 is 14.6 Å². The molecule has 1 aromatic carbocycles. The molecule has 1 aliphatic heterocycles. The highest BCUT2D eigenvalue weighted by atomic mass is 16.5. The van der Waals surface area contributed by atoms with Crippen LogP contribution in [0.15, 0.2) is 24.3 Å². The van der Waals surface area contributed by atoms with Crippen LogP contribution >= 0.6 is 0 Å². The monoisotopic (exact) mass is 290 g/mol. The number of aliphatic carboxylic acids is 1. The topological polar surface area (TPSA) is 55.8 Å². The van der Waals surface area contributed by atoms with Gasteiger partial charge in [0.05, 0.1) is 18.6 Å². The molecule has 0 unspecified atom stereocenters. The SMILES string of the molecule is O=C(O)C1(c2ccc(OC3CCOCC3)cc2)CCCC1. The van der Waals surface area contributed by atoms with E-state index in [1.165, 1.54) is 0 Å². The van der Waals surface area contributed by atoms with Crippen molar-refractivity contribution < 1.29 is 19.4 Å². The number of ether oxygens (including phenoxy) is 2. The van der Waals surface area contributed by atoms with Crippen molar-refractivity contribution in [2.75, 3.05) is 13.2 Å². The van der Waals surface area contributed by atoms with Crippen molar-refractivity contribution in [1.82, 2.24) is 0 Å². The van der Waals surface area contributed by atoms with E-state index >= 15 is 0 Å². The van der Waals surface area contributed by atoms with E-state index in [2.05, 4.69) is 0 Å². The molecule has 0 radical (unpaired) electrons. The Morgan fingerprint density at radius 2 is 1.76 bits per heavy atom. The molecule has 4 heteroatoms. The van der Waals surface area contributed by atoms with Crippen LogP contribution < -0.4 is 4.74 Å². The lowest BCUT2D eigenvalue weighted by Crippen LogP contribution is -2.32. The summed E-state index contributed by atoms with van der Waals surface area (Å²) in [7, 11) is 0. The molecule has 3 rings (SSSR count). The fourth-order valence-electron chi connectivity index (χ4n) is 3.44. The van der Waals surface area contributed by atoms with Gasteiger partial charge in [0, 0.05) is 12.8 Å². The van der Waals surface area contributed by atoms with Gasteiger partial charge in [-0.15, -0.1) is 0 Å².